The number of aromatic nitrogens is 2. The van der Waals surface area contributed by atoms with Gasteiger partial charge in [0, 0.05) is 0 Å². The molecule has 2 aromatic rings. The lowest BCUT2D eigenvalue weighted by molar-refractivity contribution is 0.0886. The molecular weight excluding hydrogens is 290 g/mol. The van der Waals surface area contributed by atoms with Gasteiger partial charge in [0.1, 0.15) is 6.04 Å². The molecule has 5 nitrogen and oxygen atoms in total. The minimum Gasteiger partial charge on any atom is -0.393 e. The monoisotopic (exact) mass is 311 g/mol. The van der Waals surface area contributed by atoms with Crippen molar-refractivity contribution in [2.75, 3.05) is 0 Å². The van der Waals surface area contributed by atoms with E-state index in [9.17, 15) is 10.0 Å². The van der Waals surface area contributed by atoms with Gasteiger partial charge in [0.25, 0.3) is 0 Å². The van der Waals surface area contributed by atoms with Crippen LogP contribution in [0.3, 0.4) is 0 Å². The normalized spacial score (nSPS) is 34.1. The highest BCUT2D eigenvalue weighted by atomic mass is 16.3. The molecule has 2 heterocycles. The summed E-state index contributed by atoms with van der Waals surface area (Å²) in [7, 11) is 0. The third-order valence-corrected chi connectivity index (χ3v) is 6.35. The lowest BCUT2D eigenvalue weighted by Crippen LogP contribution is -2.26. The molecule has 23 heavy (non-hydrogen) atoms. The van der Waals surface area contributed by atoms with E-state index in [1.54, 1.807) is 0 Å². The van der Waals surface area contributed by atoms with Crippen LogP contribution in [0.4, 0.5) is 0 Å². The fourth-order valence-electron chi connectivity index (χ4n) is 5.09. The number of nitroso groups, excluding NO2 is 1. The first-order chi connectivity index (χ1) is 11.3. The van der Waals surface area contributed by atoms with Gasteiger partial charge >= 0.3 is 0 Å². The Hall–Kier alpha value is -1.75. The summed E-state index contributed by atoms with van der Waals surface area (Å²) in [4.78, 5) is 16.1. The number of imidazole rings is 1. The van der Waals surface area contributed by atoms with Crippen molar-refractivity contribution in [1.82, 2.24) is 9.38 Å². The molecule has 0 amide bonds. The summed E-state index contributed by atoms with van der Waals surface area (Å²) in [5.41, 5.74) is 3.37. The number of pyridine rings is 1. The van der Waals surface area contributed by atoms with Crippen molar-refractivity contribution in [3.8, 4) is 0 Å². The predicted molar refractivity (Wildman–Crippen MR) is 86.0 cm³/mol. The number of aliphatic hydroxyl groups excluding tert-OH is 1. The molecule has 0 aliphatic heterocycles. The molecule has 3 fully saturated rings. The van der Waals surface area contributed by atoms with Crippen LogP contribution in [-0.4, -0.2) is 20.6 Å². The summed E-state index contributed by atoms with van der Waals surface area (Å²) in [6, 6.07) is 3.95. The van der Waals surface area contributed by atoms with Gasteiger partial charge in [-0.2, -0.15) is 4.91 Å². The van der Waals surface area contributed by atoms with Crippen LogP contribution >= 0.6 is 0 Å². The van der Waals surface area contributed by atoms with Gasteiger partial charge in [-0.1, -0.05) is 11.2 Å². The molecule has 5 heteroatoms. The van der Waals surface area contributed by atoms with E-state index in [0.717, 1.165) is 30.5 Å². The second-order valence-electron chi connectivity index (χ2n) is 7.65. The Balaban J connectivity index is 1.61. The van der Waals surface area contributed by atoms with E-state index in [2.05, 4.69) is 26.7 Å². The minimum absolute atomic E-state index is 0.171. The number of hydrogen-bond acceptors (Lipinski definition) is 4. The molecule has 5 rings (SSSR count). The smallest absolute Gasteiger partial charge is 0.136 e. The Bertz CT molecular complexity index is 765. The summed E-state index contributed by atoms with van der Waals surface area (Å²) in [5, 5.41) is 13.6. The Morgan fingerprint density at radius 1 is 1.22 bits per heavy atom. The summed E-state index contributed by atoms with van der Waals surface area (Å²) in [6.07, 6.45) is 8.70. The standard InChI is InChI=1S/C18H21N3O2/c22-16-7-11-5-12(16)6-15(11)17(20-23)18-14(10-1-2-10)4-3-13-8-19-9-21(13)18/h3-4,8-12,15-17,22H,1-2,5-7H2. The number of aliphatic hydroxyl groups is 1. The van der Waals surface area contributed by atoms with E-state index in [0.29, 0.717) is 17.8 Å². The second kappa shape index (κ2) is 4.87. The van der Waals surface area contributed by atoms with Crippen LogP contribution in [0.2, 0.25) is 0 Å². The van der Waals surface area contributed by atoms with Crippen molar-refractivity contribution >= 4 is 5.52 Å². The van der Waals surface area contributed by atoms with Gasteiger partial charge in [0.2, 0.25) is 0 Å². The van der Waals surface area contributed by atoms with Gasteiger partial charge in [-0.25, -0.2) is 4.98 Å². The average Bonchev–Trinajstić information content (AvgIpc) is 2.99. The van der Waals surface area contributed by atoms with Crippen molar-refractivity contribution < 1.29 is 5.11 Å². The molecule has 1 N–H and O–H groups in total. The maximum absolute atomic E-state index is 11.9. The van der Waals surface area contributed by atoms with Crippen molar-refractivity contribution in [1.29, 1.82) is 0 Å². The number of rotatable bonds is 4. The van der Waals surface area contributed by atoms with E-state index >= 15 is 0 Å². The Morgan fingerprint density at radius 2 is 2.09 bits per heavy atom. The minimum atomic E-state index is -0.314. The largest absolute Gasteiger partial charge is 0.393 e. The molecule has 0 radical (unpaired) electrons. The van der Waals surface area contributed by atoms with Crippen molar-refractivity contribution in [3.63, 3.8) is 0 Å². The van der Waals surface area contributed by atoms with Gasteiger partial charge in [-0.3, -0.25) is 0 Å². The van der Waals surface area contributed by atoms with Crippen LogP contribution in [0.15, 0.2) is 29.8 Å². The van der Waals surface area contributed by atoms with E-state index in [4.69, 9.17) is 0 Å². The number of hydrogen-bond donors (Lipinski definition) is 1. The van der Waals surface area contributed by atoms with Crippen LogP contribution in [0.1, 0.15) is 55.3 Å². The van der Waals surface area contributed by atoms with Crippen LogP contribution in [0, 0.1) is 22.7 Å². The van der Waals surface area contributed by atoms with E-state index < -0.39 is 0 Å². The molecular formula is C18H21N3O2. The summed E-state index contributed by atoms with van der Waals surface area (Å²) in [5.74, 6) is 1.64. The second-order valence-corrected chi connectivity index (χ2v) is 7.65. The molecule has 0 spiro atoms. The SMILES string of the molecule is O=NC(c1c(C2CC2)ccc2cncn12)C1CC2CC1CC2O. The maximum atomic E-state index is 11.9. The van der Waals surface area contributed by atoms with Crippen LogP contribution in [0.5, 0.6) is 0 Å². The van der Waals surface area contributed by atoms with Gasteiger partial charge < -0.3 is 9.51 Å². The summed E-state index contributed by atoms with van der Waals surface area (Å²) < 4.78 is 2.07. The highest BCUT2D eigenvalue weighted by molar-refractivity contribution is 5.50. The van der Waals surface area contributed by atoms with Gasteiger partial charge in [-0.05, 0) is 67.4 Å². The van der Waals surface area contributed by atoms with Crippen molar-refractivity contribution in [2.45, 2.75) is 50.2 Å². The first kappa shape index (κ1) is 13.7. The third kappa shape index (κ3) is 1.99. The zero-order chi connectivity index (χ0) is 15.6. The lowest BCUT2D eigenvalue weighted by atomic mass is 9.80. The highest BCUT2D eigenvalue weighted by Crippen LogP contribution is 2.55. The Morgan fingerprint density at radius 3 is 2.74 bits per heavy atom. The average molecular weight is 311 g/mol. The Labute approximate surface area is 134 Å². The molecule has 3 aliphatic carbocycles. The molecule has 2 bridgehead atoms. The van der Waals surface area contributed by atoms with Gasteiger partial charge in [-0.15, -0.1) is 0 Å². The van der Waals surface area contributed by atoms with Crippen molar-refractivity contribution in [2.24, 2.45) is 22.9 Å². The van der Waals surface area contributed by atoms with E-state index in [1.807, 2.05) is 12.5 Å². The lowest BCUT2D eigenvalue weighted by Gasteiger charge is -2.29. The van der Waals surface area contributed by atoms with Gasteiger partial charge in [0.05, 0.1) is 29.8 Å². The predicted octanol–water partition coefficient (Wildman–Crippen LogP) is 3.43. The maximum Gasteiger partial charge on any atom is 0.136 e. The number of fused-ring (bicyclic) bond motifs is 3. The molecule has 5 unspecified atom stereocenters. The van der Waals surface area contributed by atoms with E-state index in [-0.39, 0.29) is 18.1 Å². The third-order valence-electron chi connectivity index (χ3n) is 6.35. The van der Waals surface area contributed by atoms with Crippen LogP contribution < -0.4 is 0 Å². The highest BCUT2D eigenvalue weighted by Gasteiger charge is 2.49. The zero-order valence-corrected chi connectivity index (χ0v) is 13.0. The quantitative estimate of drug-likeness (QED) is 0.880. The van der Waals surface area contributed by atoms with Gasteiger partial charge in [0.15, 0.2) is 0 Å². The van der Waals surface area contributed by atoms with E-state index in [1.165, 1.54) is 18.4 Å². The fraction of sp³-hybridized carbons (Fsp3) is 0.611. The molecule has 2 aromatic heterocycles. The molecule has 0 saturated heterocycles. The number of nitrogens with zero attached hydrogens (tertiary/aromatic N) is 3. The topological polar surface area (TPSA) is 67.0 Å². The zero-order valence-electron chi connectivity index (χ0n) is 13.0. The molecule has 5 atom stereocenters. The molecule has 3 saturated carbocycles. The molecule has 120 valence electrons. The molecule has 3 aliphatic rings. The summed E-state index contributed by atoms with van der Waals surface area (Å²) in [6.45, 7) is 0. The summed E-state index contributed by atoms with van der Waals surface area (Å²) >= 11 is 0. The Kier molecular flexibility index (Phi) is 2.89. The first-order valence-corrected chi connectivity index (χ1v) is 8.71. The van der Waals surface area contributed by atoms with Crippen LogP contribution in [0.25, 0.3) is 5.52 Å². The van der Waals surface area contributed by atoms with Crippen LogP contribution in [-0.2, 0) is 0 Å². The fourth-order valence-corrected chi connectivity index (χ4v) is 5.09. The van der Waals surface area contributed by atoms with Crippen molar-refractivity contribution in [3.05, 3.63) is 40.8 Å². The first-order valence-electron chi connectivity index (χ1n) is 8.71. The molecule has 0 aromatic carbocycles.